The number of anilines is 1. The lowest BCUT2D eigenvalue weighted by Crippen LogP contribution is -2.16. The number of carbonyl (C=O) groups is 2. The first-order chi connectivity index (χ1) is 12.5. The van der Waals surface area contributed by atoms with Gasteiger partial charge in [0.25, 0.3) is 11.1 Å². The highest BCUT2D eigenvalue weighted by atomic mass is 32.2. The fourth-order valence-corrected chi connectivity index (χ4v) is 3.64. The van der Waals surface area contributed by atoms with Gasteiger partial charge < -0.3 is 15.5 Å². The second kappa shape index (κ2) is 8.15. The van der Waals surface area contributed by atoms with Gasteiger partial charge in [0.1, 0.15) is 10.8 Å². The number of thiophene rings is 1. The minimum absolute atomic E-state index is 0.217. The molecular formula is C17H14FN3O3S2. The number of primary amides is 1. The molecule has 6 nitrogen and oxygen atoms in total. The van der Waals surface area contributed by atoms with E-state index in [0.29, 0.717) is 27.3 Å². The van der Waals surface area contributed by atoms with Crippen LogP contribution in [0.2, 0.25) is 0 Å². The van der Waals surface area contributed by atoms with Crippen molar-refractivity contribution >= 4 is 39.9 Å². The van der Waals surface area contributed by atoms with Crippen LogP contribution in [0.5, 0.6) is 0 Å². The number of amides is 2. The van der Waals surface area contributed by atoms with Crippen LogP contribution in [0.25, 0.3) is 11.3 Å². The molecule has 0 radical (unpaired) electrons. The number of nitrogens with one attached hydrogen (secondary N) is 1. The van der Waals surface area contributed by atoms with Crippen LogP contribution in [0, 0.1) is 5.82 Å². The van der Waals surface area contributed by atoms with E-state index in [9.17, 15) is 14.0 Å². The number of aromatic nitrogens is 1. The molecule has 3 rings (SSSR count). The minimum atomic E-state index is -0.580. The normalized spacial score (nSPS) is 10.7. The Balaban J connectivity index is 1.50. The maximum absolute atomic E-state index is 12.9. The molecule has 2 amide bonds. The van der Waals surface area contributed by atoms with Gasteiger partial charge in [-0.2, -0.15) is 0 Å². The smallest absolute Gasteiger partial charge is 0.256 e. The molecule has 0 atom stereocenters. The van der Waals surface area contributed by atoms with E-state index in [1.54, 1.807) is 29.8 Å². The zero-order valence-electron chi connectivity index (χ0n) is 13.4. The summed E-state index contributed by atoms with van der Waals surface area (Å²) in [6.45, 7) is 0. The predicted octanol–water partition coefficient (Wildman–Crippen LogP) is 3.76. The number of nitrogens with two attached hydrogens (primary N) is 1. The van der Waals surface area contributed by atoms with Crippen molar-refractivity contribution in [2.24, 2.45) is 5.73 Å². The Labute approximate surface area is 156 Å². The largest absolute Gasteiger partial charge is 0.431 e. The van der Waals surface area contributed by atoms with Gasteiger partial charge in [0, 0.05) is 17.7 Å². The molecule has 134 valence electrons. The maximum atomic E-state index is 12.9. The van der Waals surface area contributed by atoms with E-state index in [1.165, 1.54) is 35.2 Å². The molecule has 0 aliphatic rings. The molecule has 0 fully saturated rings. The lowest BCUT2D eigenvalue weighted by Gasteiger charge is -2.03. The van der Waals surface area contributed by atoms with Crippen LogP contribution in [0.1, 0.15) is 16.8 Å². The molecule has 0 aliphatic heterocycles. The summed E-state index contributed by atoms with van der Waals surface area (Å²) in [6.07, 6.45) is 1.77. The Kier molecular flexibility index (Phi) is 5.69. The van der Waals surface area contributed by atoms with Gasteiger partial charge in [0.2, 0.25) is 5.91 Å². The van der Waals surface area contributed by atoms with Gasteiger partial charge in [-0.3, -0.25) is 9.59 Å². The summed E-state index contributed by atoms with van der Waals surface area (Å²) in [7, 11) is 0. The van der Waals surface area contributed by atoms with Crippen LogP contribution in [-0.2, 0) is 4.79 Å². The van der Waals surface area contributed by atoms with Gasteiger partial charge in [-0.25, -0.2) is 9.37 Å². The summed E-state index contributed by atoms with van der Waals surface area (Å²) in [5, 5.41) is 5.23. The number of nitrogens with zero attached hydrogens (tertiary/aromatic N) is 1. The quantitative estimate of drug-likeness (QED) is 0.598. The number of halogens is 1. The molecule has 0 spiro atoms. The molecule has 1 aromatic carbocycles. The highest BCUT2D eigenvalue weighted by Gasteiger charge is 2.13. The first-order valence-corrected chi connectivity index (χ1v) is 9.41. The van der Waals surface area contributed by atoms with Gasteiger partial charge >= 0.3 is 0 Å². The predicted molar refractivity (Wildman–Crippen MR) is 98.7 cm³/mol. The minimum Gasteiger partial charge on any atom is -0.431 e. The Bertz CT molecular complexity index is 921. The lowest BCUT2D eigenvalue weighted by atomic mass is 10.2. The summed E-state index contributed by atoms with van der Waals surface area (Å²) in [5.41, 5.74) is 6.26. The highest BCUT2D eigenvalue weighted by Crippen LogP contribution is 2.26. The molecule has 9 heteroatoms. The van der Waals surface area contributed by atoms with E-state index < -0.39 is 5.91 Å². The summed E-state index contributed by atoms with van der Waals surface area (Å²) < 4.78 is 18.5. The van der Waals surface area contributed by atoms with Crippen molar-refractivity contribution in [1.29, 1.82) is 0 Å². The lowest BCUT2D eigenvalue weighted by molar-refractivity contribution is -0.115. The van der Waals surface area contributed by atoms with Crippen LogP contribution in [-0.4, -0.2) is 22.6 Å². The molecule has 2 aromatic heterocycles. The average Bonchev–Trinajstić information content (AvgIpc) is 3.25. The number of oxazole rings is 1. The van der Waals surface area contributed by atoms with Crippen molar-refractivity contribution in [3.05, 3.63) is 53.3 Å². The number of hydrogen-bond donors (Lipinski definition) is 2. The third-order valence-corrected chi connectivity index (χ3v) is 5.03. The number of thioether (sulfide) groups is 1. The molecule has 0 aliphatic carbocycles. The first kappa shape index (κ1) is 18.2. The van der Waals surface area contributed by atoms with Crippen LogP contribution in [0.15, 0.2) is 51.5 Å². The van der Waals surface area contributed by atoms with Crippen molar-refractivity contribution in [2.45, 2.75) is 11.6 Å². The maximum Gasteiger partial charge on any atom is 0.256 e. The fraction of sp³-hybridized carbons (Fsp3) is 0.118. The number of hydrogen-bond acceptors (Lipinski definition) is 6. The monoisotopic (exact) mass is 391 g/mol. The van der Waals surface area contributed by atoms with Crippen LogP contribution in [0.4, 0.5) is 9.39 Å². The summed E-state index contributed by atoms with van der Waals surface area (Å²) in [4.78, 5) is 27.3. The standard InChI is InChI=1S/C17H14FN3O3S2/c18-11-3-1-10(2-4-11)13-9-20-17(24-13)26-8-6-14(22)21-16-12(15(19)23)5-7-25-16/h1-5,7,9H,6,8H2,(H2,19,23)(H,21,22). The van der Waals surface area contributed by atoms with Crippen molar-refractivity contribution in [3.63, 3.8) is 0 Å². The molecule has 2 heterocycles. The third kappa shape index (κ3) is 4.50. The van der Waals surface area contributed by atoms with Crippen molar-refractivity contribution < 1.29 is 18.4 Å². The van der Waals surface area contributed by atoms with Gasteiger partial charge in [-0.1, -0.05) is 11.8 Å². The second-order valence-electron chi connectivity index (χ2n) is 5.17. The summed E-state index contributed by atoms with van der Waals surface area (Å²) in [5.74, 6) is -0.149. The SMILES string of the molecule is NC(=O)c1ccsc1NC(=O)CCSc1ncc(-c2ccc(F)cc2)o1. The highest BCUT2D eigenvalue weighted by molar-refractivity contribution is 7.99. The molecule has 0 bridgehead atoms. The summed E-state index contributed by atoms with van der Waals surface area (Å²) in [6, 6.07) is 7.48. The van der Waals surface area contributed by atoms with E-state index in [1.807, 2.05) is 0 Å². The van der Waals surface area contributed by atoms with Crippen molar-refractivity contribution in [3.8, 4) is 11.3 Å². The summed E-state index contributed by atoms with van der Waals surface area (Å²) >= 11 is 2.53. The van der Waals surface area contributed by atoms with Crippen LogP contribution in [0.3, 0.4) is 0 Å². The van der Waals surface area contributed by atoms with Crippen LogP contribution < -0.4 is 11.1 Å². The Morgan fingerprint density at radius 1 is 1.27 bits per heavy atom. The molecule has 26 heavy (non-hydrogen) atoms. The zero-order valence-corrected chi connectivity index (χ0v) is 15.0. The topological polar surface area (TPSA) is 98.2 Å². The Hall–Kier alpha value is -2.65. The molecule has 3 aromatic rings. The van der Waals surface area contributed by atoms with Crippen molar-refractivity contribution in [1.82, 2.24) is 4.98 Å². The van der Waals surface area contributed by atoms with Gasteiger partial charge in [0.05, 0.1) is 11.8 Å². The van der Waals surface area contributed by atoms with Gasteiger partial charge in [-0.15, -0.1) is 11.3 Å². The van der Waals surface area contributed by atoms with Crippen LogP contribution >= 0.6 is 23.1 Å². The number of rotatable bonds is 7. The molecule has 3 N–H and O–H groups in total. The number of carbonyl (C=O) groups excluding carboxylic acids is 2. The first-order valence-electron chi connectivity index (χ1n) is 7.54. The zero-order chi connectivity index (χ0) is 18.5. The van der Waals surface area contributed by atoms with E-state index in [4.69, 9.17) is 10.2 Å². The average molecular weight is 391 g/mol. The van der Waals surface area contributed by atoms with Gasteiger partial charge in [-0.05, 0) is 35.7 Å². The van der Waals surface area contributed by atoms with E-state index >= 15 is 0 Å². The molecular weight excluding hydrogens is 377 g/mol. The molecule has 0 saturated carbocycles. The van der Waals surface area contributed by atoms with Gasteiger partial charge in [0.15, 0.2) is 5.76 Å². The molecule has 0 saturated heterocycles. The van der Waals surface area contributed by atoms with E-state index in [2.05, 4.69) is 10.3 Å². The van der Waals surface area contributed by atoms with Crippen molar-refractivity contribution in [2.75, 3.05) is 11.1 Å². The third-order valence-electron chi connectivity index (χ3n) is 3.35. The van der Waals surface area contributed by atoms with E-state index in [0.717, 1.165) is 5.56 Å². The van der Waals surface area contributed by atoms with E-state index in [-0.39, 0.29) is 18.1 Å². The number of benzene rings is 1. The molecule has 0 unspecified atom stereocenters. The fourth-order valence-electron chi connectivity index (χ4n) is 2.09. The Morgan fingerprint density at radius 3 is 2.77 bits per heavy atom. The second-order valence-corrected chi connectivity index (χ2v) is 7.13. The Morgan fingerprint density at radius 2 is 2.04 bits per heavy atom.